The third-order valence-corrected chi connectivity index (χ3v) is 3.51. The summed E-state index contributed by atoms with van der Waals surface area (Å²) < 4.78 is 11.5. The minimum Gasteiger partial charge on any atom is -0.496 e. The lowest BCUT2D eigenvalue weighted by Crippen LogP contribution is -2.39. The first-order valence-electron chi connectivity index (χ1n) is 5.90. The molecule has 1 aromatic rings. The molecule has 0 radical (unpaired) electrons. The summed E-state index contributed by atoms with van der Waals surface area (Å²) in [5.41, 5.74) is 0.678. The summed E-state index contributed by atoms with van der Waals surface area (Å²) in [5.74, 6) is 0.814. The zero-order chi connectivity index (χ0) is 13.0. The molecule has 0 spiro atoms. The fourth-order valence-electron chi connectivity index (χ4n) is 1.92. The average Bonchev–Trinajstić information content (AvgIpc) is 2.39. The number of rotatable bonds is 4. The number of morpholine rings is 1. The number of carbonyl (C=O) groups excluding carboxylic acids is 1. The minimum atomic E-state index is -0.0212. The van der Waals surface area contributed by atoms with Gasteiger partial charge in [-0.2, -0.15) is 0 Å². The number of benzene rings is 1. The Bertz CT molecular complexity index is 430. The largest absolute Gasteiger partial charge is 0.496 e. The smallest absolute Gasteiger partial charge is 0.165 e. The van der Waals surface area contributed by atoms with Crippen molar-refractivity contribution in [1.82, 2.24) is 5.32 Å². The quantitative estimate of drug-likeness (QED) is 0.864. The Morgan fingerprint density at radius 2 is 2.44 bits per heavy atom. The van der Waals surface area contributed by atoms with Gasteiger partial charge in [-0.25, -0.2) is 0 Å². The maximum atomic E-state index is 12.1. The van der Waals surface area contributed by atoms with E-state index in [1.54, 1.807) is 25.3 Å². The maximum Gasteiger partial charge on any atom is 0.165 e. The van der Waals surface area contributed by atoms with E-state index in [1.807, 2.05) is 0 Å². The first-order valence-corrected chi connectivity index (χ1v) is 6.69. The Balaban J connectivity index is 2.01. The van der Waals surface area contributed by atoms with Crippen molar-refractivity contribution in [3.63, 3.8) is 0 Å². The third-order valence-electron chi connectivity index (χ3n) is 2.89. The summed E-state index contributed by atoms with van der Waals surface area (Å²) in [6, 6.07) is 5.36. The van der Waals surface area contributed by atoms with E-state index in [0.717, 1.165) is 23.3 Å². The molecule has 0 bridgehead atoms. The summed E-state index contributed by atoms with van der Waals surface area (Å²) in [6.07, 6.45) is 0.387. The van der Waals surface area contributed by atoms with E-state index < -0.39 is 0 Å². The number of methoxy groups -OCH3 is 1. The van der Waals surface area contributed by atoms with Gasteiger partial charge in [-0.05, 0) is 34.1 Å². The van der Waals surface area contributed by atoms with Crippen molar-refractivity contribution in [3.8, 4) is 5.75 Å². The predicted octanol–water partition coefficient (Wildman–Crippen LogP) is 2.02. The van der Waals surface area contributed by atoms with Crippen molar-refractivity contribution >= 4 is 21.7 Å². The maximum absolute atomic E-state index is 12.1. The highest BCUT2D eigenvalue weighted by Gasteiger charge is 2.18. The molecule has 0 aliphatic carbocycles. The number of carbonyl (C=O) groups is 1. The second-order valence-electron chi connectivity index (χ2n) is 4.17. The van der Waals surface area contributed by atoms with Gasteiger partial charge in [0.1, 0.15) is 5.75 Å². The number of ketones is 1. The van der Waals surface area contributed by atoms with E-state index in [4.69, 9.17) is 9.47 Å². The summed E-state index contributed by atoms with van der Waals surface area (Å²) in [4.78, 5) is 12.1. The van der Waals surface area contributed by atoms with E-state index in [1.165, 1.54) is 0 Å². The molecule has 1 aliphatic rings. The number of hydrogen-bond donors (Lipinski definition) is 1. The molecule has 1 N–H and O–H groups in total. The molecule has 1 aliphatic heterocycles. The van der Waals surface area contributed by atoms with Gasteiger partial charge in [0.2, 0.25) is 0 Å². The molecule has 18 heavy (non-hydrogen) atoms. The van der Waals surface area contributed by atoms with Crippen LogP contribution in [0.3, 0.4) is 0 Å². The van der Waals surface area contributed by atoms with E-state index in [2.05, 4.69) is 21.2 Å². The van der Waals surface area contributed by atoms with Crippen molar-refractivity contribution in [2.24, 2.45) is 0 Å². The second kappa shape index (κ2) is 6.31. The topological polar surface area (TPSA) is 47.6 Å². The monoisotopic (exact) mass is 313 g/mol. The van der Waals surface area contributed by atoms with E-state index in [-0.39, 0.29) is 11.9 Å². The molecular formula is C13H16BrNO3. The molecule has 0 saturated carbocycles. The lowest BCUT2D eigenvalue weighted by Gasteiger charge is -2.23. The van der Waals surface area contributed by atoms with Gasteiger partial charge in [-0.15, -0.1) is 0 Å². The molecule has 1 heterocycles. The van der Waals surface area contributed by atoms with Gasteiger partial charge in [0, 0.05) is 25.1 Å². The molecule has 5 heteroatoms. The standard InChI is InChI=1S/C13H16BrNO3/c1-17-13-3-2-9(6-11(13)14)12(16)7-10-8-15-4-5-18-10/h2-3,6,10,15H,4-5,7-8H2,1H3. The van der Waals surface area contributed by atoms with Crippen LogP contribution in [0, 0.1) is 0 Å². The van der Waals surface area contributed by atoms with Crippen LogP contribution < -0.4 is 10.1 Å². The average molecular weight is 314 g/mol. The van der Waals surface area contributed by atoms with Crippen LogP contribution in [0.5, 0.6) is 5.75 Å². The molecular weight excluding hydrogens is 298 g/mol. The van der Waals surface area contributed by atoms with Gasteiger partial charge in [-0.3, -0.25) is 4.79 Å². The summed E-state index contributed by atoms with van der Waals surface area (Å²) in [5, 5.41) is 3.21. The molecule has 98 valence electrons. The zero-order valence-electron chi connectivity index (χ0n) is 10.2. The lowest BCUT2D eigenvalue weighted by molar-refractivity contribution is 0.0240. The third kappa shape index (κ3) is 3.31. The second-order valence-corrected chi connectivity index (χ2v) is 5.03. The molecule has 1 atom stereocenters. The van der Waals surface area contributed by atoms with E-state index in [9.17, 15) is 4.79 Å². The fraction of sp³-hybridized carbons (Fsp3) is 0.462. The van der Waals surface area contributed by atoms with Crippen LogP contribution in [-0.4, -0.2) is 38.7 Å². The first kappa shape index (κ1) is 13.5. The number of hydrogen-bond acceptors (Lipinski definition) is 4. The van der Waals surface area contributed by atoms with Crippen LogP contribution in [0.2, 0.25) is 0 Å². The highest BCUT2D eigenvalue weighted by molar-refractivity contribution is 9.10. The van der Waals surface area contributed by atoms with Crippen LogP contribution >= 0.6 is 15.9 Å². The number of halogens is 1. The first-order chi connectivity index (χ1) is 8.70. The SMILES string of the molecule is COc1ccc(C(=O)CC2CNCCO2)cc1Br. The van der Waals surface area contributed by atoms with Crippen molar-refractivity contribution in [3.05, 3.63) is 28.2 Å². The van der Waals surface area contributed by atoms with Crippen molar-refractivity contribution < 1.29 is 14.3 Å². The van der Waals surface area contributed by atoms with Crippen LogP contribution in [0.4, 0.5) is 0 Å². The molecule has 1 aromatic carbocycles. The molecule has 1 saturated heterocycles. The number of nitrogens with one attached hydrogen (secondary N) is 1. The van der Waals surface area contributed by atoms with Gasteiger partial charge in [0.25, 0.3) is 0 Å². The van der Waals surface area contributed by atoms with Gasteiger partial charge < -0.3 is 14.8 Å². The molecule has 0 amide bonds. The van der Waals surface area contributed by atoms with Crippen molar-refractivity contribution in [2.45, 2.75) is 12.5 Å². The van der Waals surface area contributed by atoms with Gasteiger partial charge in [0.05, 0.1) is 24.3 Å². The van der Waals surface area contributed by atoms with Crippen molar-refractivity contribution in [2.75, 3.05) is 26.8 Å². The predicted molar refractivity (Wildman–Crippen MR) is 72.3 cm³/mol. The summed E-state index contributed by atoms with van der Waals surface area (Å²) in [7, 11) is 1.60. The fourth-order valence-corrected chi connectivity index (χ4v) is 2.46. The van der Waals surface area contributed by atoms with Crippen molar-refractivity contribution in [1.29, 1.82) is 0 Å². The van der Waals surface area contributed by atoms with E-state index in [0.29, 0.717) is 18.6 Å². The Hall–Kier alpha value is -0.910. The summed E-state index contributed by atoms with van der Waals surface area (Å²) >= 11 is 3.38. The van der Waals surface area contributed by atoms with Gasteiger partial charge in [-0.1, -0.05) is 0 Å². The summed E-state index contributed by atoms with van der Waals surface area (Å²) in [6.45, 7) is 2.27. The van der Waals surface area contributed by atoms with Gasteiger partial charge in [0.15, 0.2) is 5.78 Å². The Labute approximate surface area is 115 Å². The molecule has 4 nitrogen and oxygen atoms in total. The Morgan fingerprint density at radius 1 is 1.61 bits per heavy atom. The minimum absolute atomic E-state index is 0.0212. The Kier molecular flexibility index (Phi) is 4.74. The number of Topliss-reactive ketones (excluding diaryl/α,β-unsaturated/α-hetero) is 1. The van der Waals surface area contributed by atoms with Crippen LogP contribution in [0.25, 0.3) is 0 Å². The highest BCUT2D eigenvalue weighted by Crippen LogP contribution is 2.26. The number of ether oxygens (including phenoxy) is 2. The van der Waals surface area contributed by atoms with Crippen LogP contribution in [0.15, 0.2) is 22.7 Å². The lowest BCUT2D eigenvalue weighted by atomic mass is 10.0. The molecule has 1 unspecified atom stereocenters. The van der Waals surface area contributed by atoms with Crippen LogP contribution in [-0.2, 0) is 4.74 Å². The molecule has 1 fully saturated rings. The van der Waals surface area contributed by atoms with Gasteiger partial charge >= 0.3 is 0 Å². The highest BCUT2D eigenvalue weighted by atomic mass is 79.9. The normalized spacial score (nSPS) is 19.6. The van der Waals surface area contributed by atoms with E-state index >= 15 is 0 Å². The van der Waals surface area contributed by atoms with Crippen LogP contribution in [0.1, 0.15) is 16.8 Å². The molecule has 0 aromatic heterocycles. The zero-order valence-corrected chi connectivity index (χ0v) is 11.8. The molecule has 2 rings (SSSR count). The Morgan fingerprint density at radius 3 is 3.06 bits per heavy atom.